The van der Waals surface area contributed by atoms with Crippen LogP contribution < -0.4 is 0 Å². The minimum Gasteiger partial charge on any atom is -0.0772 e. The quantitative estimate of drug-likeness (QED) is 0.177. The molecule has 236 valence electrons. The standard InChI is InChI=1S/C49H35P/c1-49(2)45-20-12-11-19-39(45)40-24-21-36(31-46(40)49)35-22-25-47-43(29-35)44-30-37(23-26-48(44)50(47)38-17-7-4-8-18-38)42-28-34-16-10-9-15-33(34)27-41(42)32-13-5-3-6-14-32/h3-31H,1-2H3. The summed E-state index contributed by atoms with van der Waals surface area (Å²) >= 11 is 0. The number of fused-ring (bicyclic) bond motifs is 7. The molecule has 0 radical (unpaired) electrons. The number of rotatable bonds is 4. The Hall–Kier alpha value is -5.68. The van der Waals surface area contributed by atoms with Crippen LogP contribution in [0.3, 0.4) is 0 Å². The first-order valence-electron chi connectivity index (χ1n) is 17.5. The van der Waals surface area contributed by atoms with Crippen LogP contribution in [0.5, 0.6) is 0 Å². The SMILES string of the molecule is CC1(C)c2ccccc2-c2ccc(-c3ccc4c(c3)c3cc(-c5cc6ccccc6cc5-c5ccccc5)ccc3p4-c3ccccc3)cc21. The molecule has 50 heavy (non-hydrogen) atoms. The Morgan fingerprint density at radius 2 is 0.880 bits per heavy atom. The minimum atomic E-state index is -0.666. The van der Waals surface area contributed by atoms with Gasteiger partial charge in [0.05, 0.1) is 0 Å². The van der Waals surface area contributed by atoms with Crippen LogP contribution in [0, 0.1) is 0 Å². The van der Waals surface area contributed by atoms with Gasteiger partial charge in [-0.05, 0) is 125 Å². The molecule has 1 unspecified atom stereocenters. The second-order valence-electron chi connectivity index (χ2n) is 14.2. The fourth-order valence-electron chi connectivity index (χ4n) is 8.45. The molecule has 0 spiro atoms. The summed E-state index contributed by atoms with van der Waals surface area (Å²) in [6.45, 7) is 4.73. The van der Waals surface area contributed by atoms with Gasteiger partial charge in [-0.25, -0.2) is 0 Å². The van der Waals surface area contributed by atoms with Crippen molar-refractivity contribution in [3.05, 3.63) is 187 Å². The van der Waals surface area contributed by atoms with E-state index in [0.29, 0.717) is 0 Å². The molecule has 1 heteroatoms. The molecular weight excluding hydrogens is 620 g/mol. The third-order valence-electron chi connectivity index (χ3n) is 11.0. The molecular formula is C49H35P. The highest BCUT2D eigenvalue weighted by atomic mass is 31.1. The van der Waals surface area contributed by atoms with Gasteiger partial charge in [-0.15, -0.1) is 0 Å². The van der Waals surface area contributed by atoms with Crippen LogP contribution in [0.1, 0.15) is 25.0 Å². The minimum absolute atomic E-state index is 0.0296. The molecule has 0 fully saturated rings. The van der Waals surface area contributed by atoms with Crippen molar-refractivity contribution < 1.29 is 0 Å². The molecule has 0 amide bonds. The van der Waals surface area contributed by atoms with Gasteiger partial charge in [-0.2, -0.15) is 0 Å². The Kier molecular flexibility index (Phi) is 6.54. The van der Waals surface area contributed by atoms with Crippen molar-refractivity contribution in [2.75, 3.05) is 0 Å². The predicted molar refractivity (Wildman–Crippen MR) is 217 cm³/mol. The molecule has 0 N–H and O–H groups in total. The van der Waals surface area contributed by atoms with Gasteiger partial charge in [0.1, 0.15) is 0 Å². The van der Waals surface area contributed by atoms with E-state index in [0.717, 1.165) is 0 Å². The van der Waals surface area contributed by atoms with Gasteiger partial charge in [0.15, 0.2) is 0 Å². The molecule has 1 aliphatic rings. The van der Waals surface area contributed by atoms with Gasteiger partial charge in [0.25, 0.3) is 0 Å². The van der Waals surface area contributed by atoms with E-state index in [1.165, 1.54) is 92.7 Å². The lowest BCUT2D eigenvalue weighted by molar-refractivity contribution is 0.660. The maximum atomic E-state index is 2.47. The highest BCUT2D eigenvalue weighted by Gasteiger charge is 2.35. The van der Waals surface area contributed by atoms with Crippen LogP contribution in [0.25, 0.3) is 81.6 Å². The monoisotopic (exact) mass is 654 g/mol. The molecule has 1 aromatic heterocycles. The van der Waals surface area contributed by atoms with Crippen LogP contribution in [-0.2, 0) is 5.41 Å². The molecule has 8 aromatic carbocycles. The van der Waals surface area contributed by atoms with Crippen molar-refractivity contribution in [1.29, 1.82) is 0 Å². The average molecular weight is 655 g/mol. The molecule has 1 heterocycles. The van der Waals surface area contributed by atoms with E-state index in [9.17, 15) is 0 Å². The highest BCUT2D eigenvalue weighted by molar-refractivity contribution is 7.67. The first-order chi connectivity index (χ1) is 24.5. The summed E-state index contributed by atoms with van der Waals surface area (Å²) in [7, 11) is -0.666. The van der Waals surface area contributed by atoms with Crippen molar-refractivity contribution in [2.45, 2.75) is 19.3 Å². The summed E-state index contributed by atoms with van der Waals surface area (Å²) in [5.74, 6) is 0. The molecule has 0 nitrogen and oxygen atoms in total. The highest BCUT2D eigenvalue weighted by Crippen LogP contribution is 2.57. The van der Waals surface area contributed by atoms with Gasteiger partial charge in [-0.3, -0.25) is 0 Å². The Morgan fingerprint density at radius 3 is 1.60 bits per heavy atom. The number of hydrogen-bond donors (Lipinski definition) is 0. The van der Waals surface area contributed by atoms with Crippen molar-refractivity contribution >= 4 is 39.3 Å². The average Bonchev–Trinajstić information content (AvgIpc) is 3.62. The largest absolute Gasteiger partial charge is 0.0772 e. The first kappa shape index (κ1) is 29.3. The zero-order chi connectivity index (χ0) is 33.4. The third-order valence-corrected chi connectivity index (χ3v) is 13.5. The lowest BCUT2D eigenvalue weighted by Gasteiger charge is -2.22. The predicted octanol–water partition coefficient (Wildman–Crippen LogP) is 14.4. The zero-order valence-electron chi connectivity index (χ0n) is 28.2. The zero-order valence-corrected chi connectivity index (χ0v) is 29.1. The van der Waals surface area contributed by atoms with Crippen LogP contribution in [0.15, 0.2) is 176 Å². The second-order valence-corrected chi connectivity index (χ2v) is 16.3. The van der Waals surface area contributed by atoms with E-state index in [-0.39, 0.29) is 5.41 Å². The van der Waals surface area contributed by atoms with Gasteiger partial charge in [0, 0.05) is 15.7 Å². The summed E-state index contributed by atoms with van der Waals surface area (Å²) in [4.78, 5) is 0. The fourth-order valence-corrected chi connectivity index (χ4v) is 11.0. The topological polar surface area (TPSA) is 0 Å². The summed E-state index contributed by atoms with van der Waals surface area (Å²) in [5.41, 5.74) is 13.1. The Labute approximate surface area is 294 Å². The van der Waals surface area contributed by atoms with E-state index in [4.69, 9.17) is 0 Å². The lowest BCUT2D eigenvalue weighted by atomic mass is 9.81. The van der Waals surface area contributed by atoms with E-state index in [1.807, 2.05) is 0 Å². The van der Waals surface area contributed by atoms with Crippen molar-refractivity contribution in [2.24, 2.45) is 0 Å². The fraction of sp³-hybridized carbons (Fsp3) is 0.0612. The maximum absolute atomic E-state index is 2.47. The molecule has 0 aliphatic heterocycles. The molecule has 1 aliphatic carbocycles. The molecule has 0 bridgehead atoms. The molecule has 9 aromatic rings. The molecule has 1 atom stereocenters. The summed E-state index contributed by atoms with van der Waals surface area (Å²) in [5, 5.41) is 9.52. The van der Waals surface area contributed by atoms with Crippen LogP contribution in [0.4, 0.5) is 0 Å². The van der Waals surface area contributed by atoms with Crippen LogP contribution in [-0.4, -0.2) is 0 Å². The van der Waals surface area contributed by atoms with E-state index < -0.39 is 7.53 Å². The molecule has 0 saturated carbocycles. The van der Waals surface area contributed by atoms with Crippen LogP contribution in [0.2, 0.25) is 0 Å². The summed E-state index contributed by atoms with van der Waals surface area (Å²) in [6.07, 6.45) is 0. The van der Waals surface area contributed by atoms with Gasteiger partial charge in [0.2, 0.25) is 0 Å². The first-order valence-corrected chi connectivity index (χ1v) is 18.9. The molecule has 10 rings (SSSR count). The van der Waals surface area contributed by atoms with Crippen molar-refractivity contribution in [3.8, 4) is 49.8 Å². The summed E-state index contributed by atoms with van der Waals surface area (Å²) in [6, 6.07) is 65.9. The number of hydrogen-bond acceptors (Lipinski definition) is 0. The Bertz CT molecular complexity index is 2760. The van der Waals surface area contributed by atoms with Gasteiger partial charge >= 0.3 is 0 Å². The molecule has 0 saturated heterocycles. The second kappa shape index (κ2) is 11.2. The number of benzene rings is 8. The van der Waals surface area contributed by atoms with Crippen molar-refractivity contribution in [3.63, 3.8) is 0 Å². The van der Waals surface area contributed by atoms with Crippen molar-refractivity contribution in [1.82, 2.24) is 0 Å². The van der Waals surface area contributed by atoms with E-state index in [1.54, 1.807) is 0 Å². The lowest BCUT2D eigenvalue weighted by Crippen LogP contribution is -2.14. The van der Waals surface area contributed by atoms with Gasteiger partial charge < -0.3 is 0 Å². The maximum Gasteiger partial charge on any atom is 0.0159 e. The Balaban J connectivity index is 1.20. The smallest absolute Gasteiger partial charge is 0.0159 e. The van der Waals surface area contributed by atoms with E-state index >= 15 is 0 Å². The van der Waals surface area contributed by atoms with Crippen LogP contribution >= 0.6 is 7.53 Å². The Morgan fingerprint density at radius 1 is 0.360 bits per heavy atom. The third kappa shape index (κ3) is 4.46. The van der Waals surface area contributed by atoms with E-state index in [2.05, 4.69) is 190 Å². The normalized spacial score (nSPS) is 13.5. The summed E-state index contributed by atoms with van der Waals surface area (Å²) < 4.78 is 0. The van der Waals surface area contributed by atoms with Gasteiger partial charge in [-0.1, -0.05) is 155 Å².